The molecular formula is C23H23ClN4O6. The van der Waals surface area contributed by atoms with Gasteiger partial charge < -0.3 is 24.8 Å². The van der Waals surface area contributed by atoms with E-state index in [4.69, 9.17) is 25.8 Å². The second-order valence-corrected chi connectivity index (χ2v) is 9.32. The number of rotatable bonds is 7. The standard InChI is InChI=1S/C23H23ClN4O6/c1-32-22-25-9-14(10-26-22)33-11-20(30)27-16-8-23(6-12(16)7-23)28-21(31)19-5-17(29)15-4-13(24)2-3-18(15)34-19/h2-4,9-10,12,16,19H,5-8,11H2,1H3,(H,27,30)(H,28,31)/t12?,16?,19-,23?/m1/s1. The first-order chi connectivity index (χ1) is 16.3. The number of benzene rings is 1. The molecule has 3 saturated carbocycles. The number of ketones is 1. The van der Waals surface area contributed by atoms with Gasteiger partial charge in [-0.05, 0) is 43.4 Å². The summed E-state index contributed by atoms with van der Waals surface area (Å²) in [6, 6.07) is 4.94. The second-order valence-electron chi connectivity index (χ2n) is 8.88. The van der Waals surface area contributed by atoms with Gasteiger partial charge in [0.2, 0.25) is 0 Å². The SMILES string of the molecule is COc1ncc(OCC(=O)NC2CC3(NC(=O)[C@H]4CC(=O)c5cc(Cl)ccc5O4)CC2C3)cn1. The van der Waals surface area contributed by atoms with Crippen molar-refractivity contribution in [2.24, 2.45) is 5.92 Å². The average Bonchev–Trinajstić information content (AvgIpc) is 3.31. The summed E-state index contributed by atoms with van der Waals surface area (Å²) in [5.41, 5.74) is 0.00216. The zero-order valence-electron chi connectivity index (χ0n) is 18.4. The minimum Gasteiger partial charge on any atom is -0.481 e. The number of amides is 2. The van der Waals surface area contributed by atoms with Gasteiger partial charge in [-0.3, -0.25) is 14.4 Å². The van der Waals surface area contributed by atoms with Crippen molar-refractivity contribution in [2.45, 2.75) is 43.4 Å². The molecule has 178 valence electrons. The van der Waals surface area contributed by atoms with Gasteiger partial charge in [-0.25, -0.2) is 0 Å². The Morgan fingerprint density at radius 1 is 1.24 bits per heavy atom. The molecule has 1 aromatic carbocycles. The molecule has 34 heavy (non-hydrogen) atoms. The lowest BCUT2D eigenvalue weighted by Gasteiger charge is -2.40. The monoisotopic (exact) mass is 486 g/mol. The molecule has 2 atom stereocenters. The first-order valence-corrected chi connectivity index (χ1v) is 11.3. The summed E-state index contributed by atoms with van der Waals surface area (Å²) in [7, 11) is 1.46. The van der Waals surface area contributed by atoms with E-state index < -0.39 is 11.6 Å². The van der Waals surface area contributed by atoms with Crippen LogP contribution in [0.2, 0.25) is 5.02 Å². The molecule has 1 aromatic heterocycles. The quantitative estimate of drug-likeness (QED) is 0.605. The summed E-state index contributed by atoms with van der Waals surface area (Å²) in [6.45, 7) is -0.167. The fourth-order valence-electron chi connectivity index (χ4n) is 4.97. The number of aromatic nitrogens is 2. The van der Waals surface area contributed by atoms with Crippen LogP contribution in [0.4, 0.5) is 0 Å². The third kappa shape index (κ3) is 4.37. The molecule has 0 radical (unpaired) electrons. The number of carbonyl (C=O) groups excluding carboxylic acids is 3. The number of carbonyl (C=O) groups is 3. The van der Waals surface area contributed by atoms with Crippen LogP contribution >= 0.6 is 11.6 Å². The minimum atomic E-state index is -0.886. The van der Waals surface area contributed by atoms with Gasteiger partial charge in [0, 0.05) is 16.6 Å². The predicted octanol–water partition coefficient (Wildman–Crippen LogP) is 1.70. The summed E-state index contributed by atoms with van der Waals surface area (Å²) >= 11 is 5.95. The Labute approximate surface area is 200 Å². The number of Topliss-reactive ketones (excluding diaryl/α,β-unsaturated/α-hetero) is 1. The normalized spacial score (nSPS) is 26.5. The molecule has 2 heterocycles. The molecule has 0 saturated heterocycles. The van der Waals surface area contributed by atoms with Crippen molar-refractivity contribution in [3.8, 4) is 17.5 Å². The Balaban J connectivity index is 1.12. The zero-order chi connectivity index (χ0) is 23.9. The van der Waals surface area contributed by atoms with Gasteiger partial charge in [-0.1, -0.05) is 11.6 Å². The van der Waals surface area contributed by atoms with Gasteiger partial charge in [0.15, 0.2) is 24.2 Å². The molecule has 10 nitrogen and oxygen atoms in total. The van der Waals surface area contributed by atoms with E-state index in [9.17, 15) is 14.4 Å². The van der Waals surface area contributed by atoms with E-state index in [1.165, 1.54) is 19.5 Å². The number of nitrogens with one attached hydrogen (secondary N) is 2. The molecule has 3 fully saturated rings. The smallest absolute Gasteiger partial charge is 0.316 e. The largest absolute Gasteiger partial charge is 0.481 e. The van der Waals surface area contributed by atoms with Crippen LogP contribution in [0, 0.1) is 5.92 Å². The summed E-state index contributed by atoms with van der Waals surface area (Å²) in [6.07, 6.45) is 4.10. The van der Waals surface area contributed by atoms with E-state index in [1.54, 1.807) is 18.2 Å². The number of halogens is 1. The summed E-state index contributed by atoms with van der Waals surface area (Å²) in [5, 5.41) is 6.50. The van der Waals surface area contributed by atoms with Crippen molar-refractivity contribution < 1.29 is 28.6 Å². The Bertz CT molecular complexity index is 1130. The Morgan fingerprint density at radius 2 is 2.00 bits per heavy atom. The van der Waals surface area contributed by atoms with Crippen LogP contribution in [0.1, 0.15) is 36.0 Å². The molecular weight excluding hydrogens is 464 g/mol. The average molecular weight is 487 g/mol. The van der Waals surface area contributed by atoms with Crippen molar-refractivity contribution in [3.63, 3.8) is 0 Å². The highest BCUT2D eigenvalue weighted by molar-refractivity contribution is 6.31. The van der Waals surface area contributed by atoms with E-state index in [-0.39, 0.29) is 48.6 Å². The molecule has 1 aliphatic heterocycles. The molecule has 4 aliphatic rings. The maximum absolute atomic E-state index is 12.9. The number of hydrogen-bond acceptors (Lipinski definition) is 8. The first kappa shape index (κ1) is 22.4. The molecule has 6 rings (SSSR count). The number of ether oxygens (including phenoxy) is 3. The maximum Gasteiger partial charge on any atom is 0.316 e. The maximum atomic E-state index is 12.9. The van der Waals surface area contributed by atoms with Gasteiger partial charge >= 0.3 is 6.01 Å². The Hall–Kier alpha value is -3.40. The molecule has 2 N–H and O–H groups in total. The van der Waals surface area contributed by atoms with Crippen molar-refractivity contribution in [3.05, 3.63) is 41.2 Å². The van der Waals surface area contributed by atoms with E-state index in [2.05, 4.69) is 20.6 Å². The van der Waals surface area contributed by atoms with Gasteiger partial charge in [0.05, 0.1) is 31.5 Å². The van der Waals surface area contributed by atoms with E-state index in [1.807, 2.05) is 0 Å². The molecule has 2 aromatic rings. The fraction of sp³-hybridized carbons (Fsp3) is 0.435. The van der Waals surface area contributed by atoms with E-state index >= 15 is 0 Å². The van der Waals surface area contributed by atoms with Crippen molar-refractivity contribution in [2.75, 3.05) is 13.7 Å². The fourth-order valence-corrected chi connectivity index (χ4v) is 5.14. The number of nitrogens with zero attached hydrogens (tertiary/aromatic N) is 2. The second kappa shape index (κ2) is 8.75. The lowest BCUT2D eigenvalue weighted by Crippen LogP contribution is -2.56. The third-order valence-corrected chi connectivity index (χ3v) is 6.79. The van der Waals surface area contributed by atoms with Crippen LogP contribution in [-0.4, -0.2) is 59.0 Å². The predicted molar refractivity (Wildman–Crippen MR) is 119 cm³/mol. The highest BCUT2D eigenvalue weighted by Crippen LogP contribution is 2.52. The van der Waals surface area contributed by atoms with Crippen molar-refractivity contribution in [1.82, 2.24) is 20.6 Å². The van der Waals surface area contributed by atoms with Crippen LogP contribution < -0.4 is 24.8 Å². The van der Waals surface area contributed by atoms with Gasteiger partial charge in [0.1, 0.15) is 5.75 Å². The van der Waals surface area contributed by atoms with E-state index in [0.717, 1.165) is 12.8 Å². The van der Waals surface area contributed by atoms with Crippen LogP contribution in [0.25, 0.3) is 0 Å². The van der Waals surface area contributed by atoms with Crippen molar-refractivity contribution >= 4 is 29.2 Å². The van der Waals surface area contributed by atoms with Gasteiger partial charge in [0.25, 0.3) is 11.8 Å². The summed E-state index contributed by atoms with van der Waals surface area (Å²) < 4.78 is 16.1. The van der Waals surface area contributed by atoms with Gasteiger partial charge in [-0.2, -0.15) is 9.97 Å². The number of methoxy groups -OCH3 is 1. The summed E-state index contributed by atoms with van der Waals surface area (Å²) in [5.74, 6) is 0.260. The van der Waals surface area contributed by atoms with Crippen LogP contribution in [0.5, 0.6) is 17.5 Å². The molecule has 3 aliphatic carbocycles. The van der Waals surface area contributed by atoms with Crippen LogP contribution in [0.15, 0.2) is 30.6 Å². The molecule has 2 amide bonds. The topological polar surface area (TPSA) is 129 Å². The number of hydrogen-bond donors (Lipinski definition) is 2. The Morgan fingerprint density at radius 3 is 2.74 bits per heavy atom. The van der Waals surface area contributed by atoms with Crippen LogP contribution in [-0.2, 0) is 9.59 Å². The Kier molecular flexibility index (Phi) is 5.76. The highest BCUT2D eigenvalue weighted by Gasteiger charge is 2.57. The highest BCUT2D eigenvalue weighted by atomic mass is 35.5. The molecule has 0 spiro atoms. The zero-order valence-corrected chi connectivity index (χ0v) is 19.1. The lowest BCUT2D eigenvalue weighted by atomic mass is 9.76. The van der Waals surface area contributed by atoms with Crippen LogP contribution in [0.3, 0.4) is 0 Å². The molecule has 1 unspecified atom stereocenters. The summed E-state index contributed by atoms with van der Waals surface area (Å²) in [4.78, 5) is 45.6. The number of fused-ring (bicyclic) bond motifs is 2. The van der Waals surface area contributed by atoms with E-state index in [0.29, 0.717) is 28.5 Å². The lowest BCUT2D eigenvalue weighted by molar-refractivity contribution is -0.131. The van der Waals surface area contributed by atoms with Gasteiger partial charge in [-0.15, -0.1) is 0 Å². The van der Waals surface area contributed by atoms with Crippen molar-refractivity contribution in [1.29, 1.82) is 0 Å². The third-order valence-electron chi connectivity index (χ3n) is 6.55. The molecule has 11 heteroatoms. The minimum absolute atomic E-state index is 0.0364. The first-order valence-electron chi connectivity index (χ1n) is 10.9. The molecule has 2 bridgehead atoms.